The molecule has 0 saturated heterocycles. The Balaban J connectivity index is 1.22. The first-order valence-corrected chi connectivity index (χ1v) is 8.34. The number of aromatic nitrogens is 3. The van der Waals surface area contributed by atoms with Crippen molar-refractivity contribution < 1.29 is 9.53 Å². The first-order valence-electron chi connectivity index (χ1n) is 8.34. The largest absolute Gasteiger partial charge is 0.445 e. The molecule has 24 heavy (non-hydrogen) atoms. The van der Waals surface area contributed by atoms with E-state index in [2.05, 4.69) is 20.9 Å². The van der Waals surface area contributed by atoms with E-state index >= 15 is 0 Å². The fraction of sp³-hybridized carbons (Fsp3) is 0.471. The summed E-state index contributed by atoms with van der Waals surface area (Å²) in [5.74, 6) is 0. The van der Waals surface area contributed by atoms with Crippen LogP contribution in [0.5, 0.6) is 0 Å². The first kappa shape index (κ1) is 16.4. The van der Waals surface area contributed by atoms with Gasteiger partial charge in [0, 0.05) is 24.8 Å². The number of ether oxygens (including phenoxy) is 1. The fourth-order valence-electron chi connectivity index (χ4n) is 2.73. The van der Waals surface area contributed by atoms with Crippen LogP contribution in [0.25, 0.3) is 0 Å². The second-order valence-corrected chi connectivity index (χ2v) is 6.05. The summed E-state index contributed by atoms with van der Waals surface area (Å²) in [6, 6.07) is 10.4. The Morgan fingerprint density at radius 1 is 1.25 bits per heavy atom. The van der Waals surface area contributed by atoms with Crippen molar-refractivity contribution in [3.05, 3.63) is 48.3 Å². The van der Waals surface area contributed by atoms with Gasteiger partial charge in [0.05, 0.1) is 6.20 Å². The second-order valence-electron chi connectivity index (χ2n) is 6.05. The van der Waals surface area contributed by atoms with Gasteiger partial charge in [0.1, 0.15) is 6.61 Å². The van der Waals surface area contributed by atoms with Crippen LogP contribution in [0.15, 0.2) is 42.7 Å². The number of hydrogen-bond acceptors (Lipinski definition) is 5. The third-order valence-electron chi connectivity index (χ3n) is 4.14. The standard InChI is InChI=1S/C17H23N5O2/c23-17(24-13-14-5-2-1-3-6-14)20-16-11-15(12-16)18-7-4-9-22-10-8-19-21-22/h1-3,5-6,8,10,15-16,18H,4,7,9,11-13H2,(H,20,23). The van der Waals surface area contributed by atoms with Crippen LogP contribution < -0.4 is 10.6 Å². The van der Waals surface area contributed by atoms with Crippen LogP contribution in [0.1, 0.15) is 24.8 Å². The molecule has 1 amide bonds. The van der Waals surface area contributed by atoms with Gasteiger partial charge >= 0.3 is 6.09 Å². The summed E-state index contributed by atoms with van der Waals surface area (Å²) in [7, 11) is 0. The van der Waals surface area contributed by atoms with E-state index < -0.39 is 0 Å². The highest BCUT2D eigenvalue weighted by Crippen LogP contribution is 2.20. The third kappa shape index (κ3) is 5.06. The van der Waals surface area contributed by atoms with Gasteiger partial charge in [-0.25, -0.2) is 4.79 Å². The Morgan fingerprint density at radius 2 is 2.08 bits per heavy atom. The number of aryl methyl sites for hydroxylation is 1. The molecule has 1 aromatic heterocycles. The monoisotopic (exact) mass is 329 g/mol. The molecule has 1 fully saturated rings. The maximum absolute atomic E-state index is 11.7. The lowest BCUT2D eigenvalue weighted by Crippen LogP contribution is -2.52. The summed E-state index contributed by atoms with van der Waals surface area (Å²) in [6.07, 6.45) is 6.12. The van der Waals surface area contributed by atoms with Crippen LogP contribution in [0.3, 0.4) is 0 Å². The molecule has 1 aliphatic rings. The average Bonchev–Trinajstić information content (AvgIpc) is 3.08. The van der Waals surface area contributed by atoms with Gasteiger partial charge in [-0.1, -0.05) is 35.5 Å². The third-order valence-corrected chi connectivity index (χ3v) is 4.14. The van der Waals surface area contributed by atoms with Crippen molar-refractivity contribution in [3.8, 4) is 0 Å². The zero-order valence-corrected chi connectivity index (χ0v) is 13.6. The molecular weight excluding hydrogens is 306 g/mol. The van der Waals surface area contributed by atoms with Crippen LogP contribution in [0, 0.1) is 0 Å². The van der Waals surface area contributed by atoms with Crippen molar-refractivity contribution in [2.24, 2.45) is 0 Å². The molecule has 7 heteroatoms. The van der Waals surface area contributed by atoms with Crippen molar-refractivity contribution in [3.63, 3.8) is 0 Å². The van der Waals surface area contributed by atoms with Gasteiger partial charge in [-0.05, 0) is 31.4 Å². The molecule has 128 valence electrons. The van der Waals surface area contributed by atoms with Crippen LogP contribution >= 0.6 is 0 Å². The summed E-state index contributed by atoms with van der Waals surface area (Å²) >= 11 is 0. The number of nitrogens with one attached hydrogen (secondary N) is 2. The Bertz CT molecular complexity index is 611. The molecule has 7 nitrogen and oxygen atoms in total. The molecule has 0 radical (unpaired) electrons. The highest BCUT2D eigenvalue weighted by atomic mass is 16.5. The normalized spacial score (nSPS) is 19.5. The predicted octanol–water partition coefficient (Wildman–Crippen LogP) is 1.72. The number of nitrogens with zero attached hydrogens (tertiary/aromatic N) is 3. The van der Waals surface area contributed by atoms with Gasteiger partial charge < -0.3 is 15.4 Å². The molecule has 0 unspecified atom stereocenters. The van der Waals surface area contributed by atoms with Gasteiger partial charge in [0.2, 0.25) is 0 Å². The average molecular weight is 329 g/mol. The minimum absolute atomic E-state index is 0.209. The smallest absolute Gasteiger partial charge is 0.407 e. The van der Waals surface area contributed by atoms with Gasteiger partial charge in [0.25, 0.3) is 0 Å². The molecule has 1 saturated carbocycles. The number of hydrogen-bond donors (Lipinski definition) is 2. The van der Waals surface area contributed by atoms with Gasteiger partial charge in [-0.2, -0.15) is 0 Å². The maximum Gasteiger partial charge on any atom is 0.407 e. The van der Waals surface area contributed by atoms with E-state index in [4.69, 9.17) is 4.74 Å². The summed E-state index contributed by atoms with van der Waals surface area (Å²) in [5.41, 5.74) is 0.994. The highest BCUT2D eigenvalue weighted by Gasteiger charge is 2.30. The zero-order chi connectivity index (χ0) is 16.6. The van der Waals surface area contributed by atoms with Crippen LogP contribution in [-0.2, 0) is 17.9 Å². The minimum atomic E-state index is -0.339. The van der Waals surface area contributed by atoms with E-state index in [1.54, 1.807) is 6.20 Å². The number of carbonyl (C=O) groups excluding carboxylic acids is 1. The fourth-order valence-corrected chi connectivity index (χ4v) is 2.73. The van der Waals surface area contributed by atoms with Crippen molar-refractivity contribution in [2.75, 3.05) is 6.54 Å². The Hall–Kier alpha value is -2.41. The molecule has 0 atom stereocenters. The Morgan fingerprint density at radius 3 is 2.83 bits per heavy atom. The number of rotatable bonds is 8. The van der Waals surface area contributed by atoms with Gasteiger partial charge in [0.15, 0.2) is 0 Å². The molecule has 2 N–H and O–H groups in total. The quantitative estimate of drug-likeness (QED) is 0.721. The van der Waals surface area contributed by atoms with Crippen LogP contribution in [0.2, 0.25) is 0 Å². The van der Waals surface area contributed by atoms with E-state index in [0.29, 0.717) is 12.6 Å². The topological polar surface area (TPSA) is 81.1 Å². The van der Waals surface area contributed by atoms with Gasteiger partial charge in [-0.15, -0.1) is 5.10 Å². The number of benzene rings is 1. The minimum Gasteiger partial charge on any atom is -0.445 e. The molecule has 0 spiro atoms. The molecular formula is C17H23N5O2. The van der Waals surface area contributed by atoms with E-state index in [0.717, 1.165) is 37.9 Å². The molecule has 1 aliphatic carbocycles. The van der Waals surface area contributed by atoms with Gasteiger partial charge in [-0.3, -0.25) is 4.68 Å². The summed E-state index contributed by atoms with van der Waals surface area (Å²) in [6.45, 7) is 2.12. The number of carbonyl (C=O) groups is 1. The zero-order valence-electron chi connectivity index (χ0n) is 13.6. The van der Waals surface area contributed by atoms with E-state index in [1.165, 1.54) is 0 Å². The number of amides is 1. The van der Waals surface area contributed by atoms with Crippen LogP contribution in [0.4, 0.5) is 4.79 Å². The summed E-state index contributed by atoms with van der Waals surface area (Å²) < 4.78 is 7.05. The molecule has 1 aromatic carbocycles. The predicted molar refractivity (Wildman–Crippen MR) is 89.2 cm³/mol. The second kappa shape index (κ2) is 8.44. The highest BCUT2D eigenvalue weighted by molar-refractivity contribution is 5.67. The lowest BCUT2D eigenvalue weighted by atomic mass is 9.87. The van der Waals surface area contributed by atoms with E-state index in [1.807, 2.05) is 41.2 Å². The Kier molecular flexibility index (Phi) is 5.79. The molecule has 3 rings (SSSR count). The maximum atomic E-state index is 11.7. The number of alkyl carbamates (subject to hydrolysis) is 1. The van der Waals surface area contributed by atoms with Crippen LogP contribution in [-0.4, -0.2) is 39.7 Å². The van der Waals surface area contributed by atoms with Crippen molar-refractivity contribution in [1.82, 2.24) is 25.6 Å². The lowest BCUT2D eigenvalue weighted by Gasteiger charge is -2.36. The molecule has 1 heterocycles. The SMILES string of the molecule is O=C(NC1CC(NCCCn2ccnn2)C1)OCc1ccccc1. The van der Waals surface area contributed by atoms with E-state index in [9.17, 15) is 4.79 Å². The molecule has 2 aromatic rings. The lowest BCUT2D eigenvalue weighted by molar-refractivity contribution is 0.125. The van der Waals surface area contributed by atoms with Crippen molar-refractivity contribution in [1.29, 1.82) is 0 Å². The van der Waals surface area contributed by atoms with Crippen molar-refractivity contribution >= 4 is 6.09 Å². The van der Waals surface area contributed by atoms with Crippen molar-refractivity contribution in [2.45, 2.75) is 44.5 Å². The molecule has 0 aliphatic heterocycles. The van der Waals surface area contributed by atoms with E-state index in [-0.39, 0.29) is 12.1 Å². The Labute approximate surface area is 141 Å². The molecule has 0 bridgehead atoms. The summed E-state index contributed by atoms with van der Waals surface area (Å²) in [5, 5.41) is 14.1. The summed E-state index contributed by atoms with van der Waals surface area (Å²) in [4.78, 5) is 11.7. The first-order chi connectivity index (χ1) is 11.8.